The molecule has 0 fully saturated rings. The van der Waals surface area contributed by atoms with Gasteiger partial charge in [0, 0.05) is 12.6 Å². The smallest absolute Gasteiger partial charge is 0.0294 e. The lowest BCUT2D eigenvalue weighted by Gasteiger charge is -2.12. The van der Waals surface area contributed by atoms with Crippen molar-refractivity contribution < 1.29 is 12.4 Å². The number of hydrogen-bond donors (Lipinski definition) is 1. The van der Waals surface area contributed by atoms with E-state index in [4.69, 9.17) is 0 Å². The number of hydrogen-bond acceptors (Lipinski definition) is 1. The van der Waals surface area contributed by atoms with Gasteiger partial charge in [0.1, 0.15) is 0 Å². The topological polar surface area (TPSA) is 12.0 Å². The van der Waals surface area contributed by atoms with Gasteiger partial charge in [-0.2, -0.15) is 0 Å². The predicted octanol–water partition coefficient (Wildman–Crippen LogP) is 1.05. The Kier molecular flexibility index (Phi) is 6.94. The lowest BCUT2D eigenvalue weighted by molar-refractivity contribution is -0.00000367. The molecule has 2 heteroatoms. The average molecular weight is 273 g/mol. The van der Waals surface area contributed by atoms with Gasteiger partial charge in [0.15, 0.2) is 0 Å². The first-order chi connectivity index (χ1) is 8.86. The van der Waals surface area contributed by atoms with Crippen LogP contribution in [-0.2, 0) is 0 Å². The van der Waals surface area contributed by atoms with Gasteiger partial charge in [-0.15, -0.1) is 0 Å². The number of benzene rings is 2. The first-order valence-electron chi connectivity index (χ1n) is 6.36. The number of nitrogens with one attached hydrogen (secondary N) is 1. The van der Waals surface area contributed by atoms with E-state index >= 15 is 0 Å². The highest BCUT2D eigenvalue weighted by molar-refractivity contribution is 5.48. The summed E-state index contributed by atoms with van der Waals surface area (Å²) < 4.78 is 0. The summed E-state index contributed by atoms with van der Waals surface area (Å²) in [6.07, 6.45) is 4.31. The fourth-order valence-corrected chi connectivity index (χ4v) is 1.86. The van der Waals surface area contributed by atoms with E-state index in [1.54, 1.807) is 0 Å². The molecule has 0 heterocycles. The SMILES string of the molecule is CC(NC/C=C/c1ccccc1)c1ccccc1.[Cl-]. The summed E-state index contributed by atoms with van der Waals surface area (Å²) in [6, 6.07) is 21.2. The van der Waals surface area contributed by atoms with E-state index in [0.717, 1.165) is 6.54 Å². The molecule has 1 nitrogen and oxygen atoms in total. The van der Waals surface area contributed by atoms with E-state index in [1.165, 1.54) is 11.1 Å². The van der Waals surface area contributed by atoms with Crippen LogP contribution in [0.2, 0.25) is 0 Å². The summed E-state index contributed by atoms with van der Waals surface area (Å²) in [5, 5.41) is 3.48. The Morgan fingerprint density at radius 3 is 2.16 bits per heavy atom. The Bertz CT molecular complexity index is 479. The minimum atomic E-state index is 0. The predicted molar refractivity (Wildman–Crippen MR) is 78.3 cm³/mol. The molecule has 1 N–H and O–H groups in total. The molecule has 19 heavy (non-hydrogen) atoms. The van der Waals surface area contributed by atoms with E-state index < -0.39 is 0 Å². The first kappa shape index (κ1) is 15.5. The fraction of sp³-hybridized carbons (Fsp3) is 0.176. The molecule has 100 valence electrons. The van der Waals surface area contributed by atoms with Crippen molar-refractivity contribution in [3.8, 4) is 0 Å². The van der Waals surface area contributed by atoms with Crippen LogP contribution in [-0.4, -0.2) is 6.54 Å². The van der Waals surface area contributed by atoms with Gasteiger partial charge in [0.05, 0.1) is 0 Å². The Morgan fingerprint density at radius 1 is 0.947 bits per heavy atom. The first-order valence-corrected chi connectivity index (χ1v) is 6.36. The molecular formula is C17H19ClN-. The van der Waals surface area contributed by atoms with Crippen LogP contribution in [0.5, 0.6) is 0 Å². The second-order valence-corrected chi connectivity index (χ2v) is 4.35. The molecule has 2 aromatic carbocycles. The van der Waals surface area contributed by atoms with Gasteiger partial charge in [-0.3, -0.25) is 0 Å². The van der Waals surface area contributed by atoms with Gasteiger partial charge in [-0.05, 0) is 18.1 Å². The number of halogens is 1. The van der Waals surface area contributed by atoms with E-state index in [-0.39, 0.29) is 12.4 Å². The molecular weight excluding hydrogens is 254 g/mol. The summed E-state index contributed by atoms with van der Waals surface area (Å²) in [5.74, 6) is 0. The fourth-order valence-electron chi connectivity index (χ4n) is 1.86. The van der Waals surface area contributed by atoms with Crippen LogP contribution in [0, 0.1) is 0 Å². The normalized spacial score (nSPS) is 12.1. The van der Waals surface area contributed by atoms with Crippen LogP contribution in [0.25, 0.3) is 6.08 Å². The molecule has 1 unspecified atom stereocenters. The standard InChI is InChI=1S/C17H19N.ClH/c1-15(17-12-6-3-7-13-17)18-14-8-11-16-9-4-2-5-10-16;/h2-13,15,18H,14H2,1H3;1H/p-1/b11-8+;. The minimum absolute atomic E-state index is 0. The second-order valence-electron chi connectivity index (χ2n) is 4.35. The maximum Gasteiger partial charge on any atom is 0.0294 e. The zero-order valence-corrected chi connectivity index (χ0v) is 11.8. The highest BCUT2D eigenvalue weighted by Gasteiger charge is 2.00. The highest BCUT2D eigenvalue weighted by Crippen LogP contribution is 2.10. The van der Waals surface area contributed by atoms with E-state index in [9.17, 15) is 0 Å². The largest absolute Gasteiger partial charge is 1.00 e. The molecule has 0 spiro atoms. The Morgan fingerprint density at radius 2 is 1.53 bits per heavy atom. The molecule has 2 aromatic rings. The Hall–Kier alpha value is -1.57. The van der Waals surface area contributed by atoms with Crippen molar-refractivity contribution in [3.05, 3.63) is 77.9 Å². The maximum absolute atomic E-state index is 3.48. The van der Waals surface area contributed by atoms with Gasteiger partial charge in [-0.1, -0.05) is 72.8 Å². The third-order valence-corrected chi connectivity index (χ3v) is 2.95. The molecule has 0 radical (unpaired) electrons. The van der Waals surface area contributed by atoms with Gasteiger partial charge in [-0.25, -0.2) is 0 Å². The highest BCUT2D eigenvalue weighted by atomic mass is 35.5. The molecule has 0 saturated heterocycles. The van der Waals surface area contributed by atoms with Crippen molar-refractivity contribution in [2.45, 2.75) is 13.0 Å². The van der Waals surface area contributed by atoms with Crippen LogP contribution in [0.15, 0.2) is 66.7 Å². The van der Waals surface area contributed by atoms with Crippen molar-refractivity contribution in [1.82, 2.24) is 5.32 Å². The van der Waals surface area contributed by atoms with E-state index in [1.807, 2.05) is 12.1 Å². The lowest BCUT2D eigenvalue weighted by Crippen LogP contribution is -3.00. The van der Waals surface area contributed by atoms with Crippen molar-refractivity contribution in [3.63, 3.8) is 0 Å². The van der Waals surface area contributed by atoms with Crippen molar-refractivity contribution >= 4 is 6.08 Å². The van der Waals surface area contributed by atoms with E-state index in [2.05, 4.69) is 72.9 Å². The summed E-state index contributed by atoms with van der Waals surface area (Å²) in [6.45, 7) is 3.07. The molecule has 0 aromatic heterocycles. The van der Waals surface area contributed by atoms with Gasteiger partial charge in [0.25, 0.3) is 0 Å². The molecule has 0 amide bonds. The minimum Gasteiger partial charge on any atom is -1.00 e. The average Bonchev–Trinajstić information content (AvgIpc) is 2.45. The maximum atomic E-state index is 3.48. The molecule has 1 atom stereocenters. The molecule has 0 aliphatic carbocycles. The van der Waals surface area contributed by atoms with Crippen molar-refractivity contribution in [2.24, 2.45) is 0 Å². The van der Waals surface area contributed by atoms with Crippen LogP contribution in [0.3, 0.4) is 0 Å². The molecule has 2 rings (SSSR count). The second kappa shape index (κ2) is 8.52. The summed E-state index contributed by atoms with van der Waals surface area (Å²) in [5.41, 5.74) is 2.57. The summed E-state index contributed by atoms with van der Waals surface area (Å²) in [7, 11) is 0. The molecule has 0 bridgehead atoms. The van der Waals surface area contributed by atoms with Crippen molar-refractivity contribution in [1.29, 1.82) is 0 Å². The zero-order valence-electron chi connectivity index (χ0n) is 11.1. The third kappa shape index (κ3) is 5.29. The van der Waals surface area contributed by atoms with Crippen LogP contribution < -0.4 is 17.7 Å². The Balaban J connectivity index is 0.00000180. The summed E-state index contributed by atoms with van der Waals surface area (Å²) in [4.78, 5) is 0. The molecule has 0 aliphatic rings. The lowest BCUT2D eigenvalue weighted by atomic mass is 10.1. The van der Waals surface area contributed by atoms with Crippen molar-refractivity contribution in [2.75, 3.05) is 6.54 Å². The van der Waals surface area contributed by atoms with Crippen LogP contribution in [0.1, 0.15) is 24.1 Å². The van der Waals surface area contributed by atoms with Gasteiger partial charge in [0.2, 0.25) is 0 Å². The molecule has 0 aliphatic heterocycles. The van der Waals surface area contributed by atoms with Gasteiger partial charge < -0.3 is 17.7 Å². The summed E-state index contributed by atoms with van der Waals surface area (Å²) >= 11 is 0. The van der Waals surface area contributed by atoms with Crippen LogP contribution >= 0.6 is 0 Å². The quantitative estimate of drug-likeness (QED) is 0.858. The van der Waals surface area contributed by atoms with Gasteiger partial charge >= 0.3 is 0 Å². The third-order valence-electron chi connectivity index (χ3n) is 2.95. The van der Waals surface area contributed by atoms with E-state index in [0.29, 0.717) is 6.04 Å². The monoisotopic (exact) mass is 272 g/mol. The Labute approximate surface area is 121 Å². The number of rotatable bonds is 5. The zero-order chi connectivity index (χ0) is 12.6. The van der Waals surface area contributed by atoms with Crippen LogP contribution in [0.4, 0.5) is 0 Å². The molecule has 0 saturated carbocycles.